The minimum Gasteiger partial charge on any atom is -0.481 e. The summed E-state index contributed by atoms with van der Waals surface area (Å²) in [4.78, 5) is 17.2. The summed E-state index contributed by atoms with van der Waals surface area (Å²) in [5.74, 6) is 0.0550. The monoisotopic (exact) mass is 422 g/mol. The molecule has 1 unspecified atom stereocenters. The molecule has 2 aromatic heterocycles. The Morgan fingerprint density at radius 1 is 1.35 bits per heavy atom. The van der Waals surface area contributed by atoms with Gasteiger partial charge in [-0.05, 0) is 55.2 Å². The number of pyridine rings is 1. The fourth-order valence-electron chi connectivity index (χ4n) is 3.65. The van der Waals surface area contributed by atoms with Crippen LogP contribution in [-0.2, 0) is 11.2 Å². The average molecular weight is 422 g/mol. The number of aliphatic hydroxyl groups excluding tert-OH is 1. The van der Waals surface area contributed by atoms with Gasteiger partial charge in [-0.1, -0.05) is 12.1 Å². The van der Waals surface area contributed by atoms with E-state index in [1.807, 2.05) is 43.5 Å². The molecule has 162 valence electrons. The predicted octanol–water partition coefficient (Wildman–Crippen LogP) is 2.05. The Kier molecular flexibility index (Phi) is 6.29. The van der Waals surface area contributed by atoms with E-state index in [0.29, 0.717) is 25.3 Å². The van der Waals surface area contributed by atoms with Gasteiger partial charge in [-0.3, -0.25) is 4.79 Å². The smallest absolute Gasteiger partial charge is 0.270 e. The first-order valence-electron chi connectivity index (χ1n) is 10.3. The van der Waals surface area contributed by atoms with Gasteiger partial charge >= 0.3 is 0 Å². The van der Waals surface area contributed by atoms with Gasteiger partial charge in [-0.25, -0.2) is 9.67 Å². The van der Waals surface area contributed by atoms with E-state index in [0.717, 1.165) is 22.4 Å². The molecule has 2 atom stereocenters. The third-order valence-corrected chi connectivity index (χ3v) is 5.50. The maximum atomic E-state index is 12.8. The lowest BCUT2D eigenvalue weighted by atomic mass is 10.00. The van der Waals surface area contributed by atoms with Crippen LogP contribution in [0.3, 0.4) is 0 Å². The van der Waals surface area contributed by atoms with Gasteiger partial charge in [0.2, 0.25) is 5.88 Å². The van der Waals surface area contributed by atoms with E-state index in [1.165, 1.54) is 0 Å². The lowest BCUT2D eigenvalue weighted by molar-refractivity contribution is -0.0140. The van der Waals surface area contributed by atoms with Crippen molar-refractivity contribution in [1.82, 2.24) is 20.1 Å². The van der Waals surface area contributed by atoms with E-state index >= 15 is 0 Å². The first-order chi connectivity index (χ1) is 15.0. The zero-order chi connectivity index (χ0) is 21.8. The highest BCUT2D eigenvalue weighted by Gasteiger charge is 2.26. The van der Waals surface area contributed by atoms with Gasteiger partial charge in [-0.2, -0.15) is 5.10 Å². The summed E-state index contributed by atoms with van der Waals surface area (Å²) in [5.41, 5.74) is 4.16. The first kappa shape index (κ1) is 21.0. The molecule has 2 N–H and O–H groups in total. The molecule has 1 aliphatic rings. The van der Waals surface area contributed by atoms with Crippen LogP contribution in [-0.4, -0.2) is 58.2 Å². The Labute approximate surface area is 180 Å². The minimum absolute atomic E-state index is 0.253. The van der Waals surface area contributed by atoms with Crippen molar-refractivity contribution in [2.75, 3.05) is 20.3 Å². The summed E-state index contributed by atoms with van der Waals surface area (Å²) < 4.78 is 12.6. The SMILES string of the molecule is COc1nc(C(=O)NC2COCC[C@@H]2O)cc(Cc2ccc(-n3cccn3)cc2)c1C. The normalized spacial score (nSPS) is 18.5. The zero-order valence-electron chi connectivity index (χ0n) is 17.6. The van der Waals surface area contributed by atoms with E-state index in [9.17, 15) is 9.90 Å². The van der Waals surface area contributed by atoms with E-state index < -0.39 is 12.1 Å². The molecule has 0 spiro atoms. The van der Waals surface area contributed by atoms with Crippen LogP contribution in [0.25, 0.3) is 5.69 Å². The van der Waals surface area contributed by atoms with Crippen LogP contribution in [0.1, 0.15) is 33.6 Å². The molecule has 31 heavy (non-hydrogen) atoms. The highest BCUT2D eigenvalue weighted by Crippen LogP contribution is 2.24. The van der Waals surface area contributed by atoms with Crippen LogP contribution in [0.4, 0.5) is 0 Å². The Balaban J connectivity index is 1.55. The molecule has 0 saturated carbocycles. The number of carbonyl (C=O) groups excluding carboxylic acids is 1. The number of amides is 1. The Morgan fingerprint density at radius 2 is 2.16 bits per heavy atom. The van der Waals surface area contributed by atoms with E-state index in [4.69, 9.17) is 9.47 Å². The zero-order valence-corrected chi connectivity index (χ0v) is 17.6. The van der Waals surface area contributed by atoms with Gasteiger partial charge in [-0.15, -0.1) is 0 Å². The van der Waals surface area contributed by atoms with Crippen molar-refractivity contribution in [2.45, 2.75) is 31.9 Å². The third kappa shape index (κ3) is 4.76. The van der Waals surface area contributed by atoms with Crippen LogP contribution < -0.4 is 10.1 Å². The molecule has 1 amide bonds. The molecule has 3 heterocycles. The van der Waals surface area contributed by atoms with Crippen molar-refractivity contribution >= 4 is 5.91 Å². The summed E-state index contributed by atoms with van der Waals surface area (Å²) in [6, 6.07) is 11.3. The van der Waals surface area contributed by atoms with Gasteiger partial charge in [0, 0.05) is 24.6 Å². The van der Waals surface area contributed by atoms with Crippen molar-refractivity contribution < 1.29 is 19.4 Å². The van der Waals surface area contributed by atoms with E-state index in [1.54, 1.807) is 24.1 Å². The summed E-state index contributed by atoms with van der Waals surface area (Å²) in [7, 11) is 1.54. The van der Waals surface area contributed by atoms with Crippen molar-refractivity contribution in [1.29, 1.82) is 0 Å². The lowest BCUT2D eigenvalue weighted by Crippen LogP contribution is -2.49. The highest BCUT2D eigenvalue weighted by atomic mass is 16.5. The minimum atomic E-state index is -0.627. The number of nitrogens with zero attached hydrogens (tertiary/aromatic N) is 3. The summed E-state index contributed by atoms with van der Waals surface area (Å²) >= 11 is 0. The molecule has 1 aliphatic heterocycles. The maximum Gasteiger partial charge on any atom is 0.270 e. The second-order valence-corrected chi connectivity index (χ2v) is 7.61. The highest BCUT2D eigenvalue weighted by molar-refractivity contribution is 5.93. The topological polar surface area (TPSA) is 98.5 Å². The predicted molar refractivity (Wildman–Crippen MR) is 115 cm³/mol. The second kappa shape index (κ2) is 9.28. The summed E-state index contributed by atoms with van der Waals surface area (Å²) in [5, 5.41) is 17.2. The molecule has 4 rings (SSSR count). The molecule has 8 heteroatoms. The Hall–Kier alpha value is -3.23. The van der Waals surface area contributed by atoms with Gasteiger partial charge in [0.25, 0.3) is 5.91 Å². The summed E-state index contributed by atoms with van der Waals surface area (Å²) in [6.07, 6.45) is 4.13. The number of aromatic nitrogens is 3. The molecular formula is C23H26N4O4. The van der Waals surface area contributed by atoms with Crippen LogP contribution in [0, 0.1) is 6.92 Å². The van der Waals surface area contributed by atoms with E-state index in [-0.39, 0.29) is 18.2 Å². The number of hydrogen-bond donors (Lipinski definition) is 2. The first-order valence-corrected chi connectivity index (χ1v) is 10.3. The fraction of sp³-hybridized carbons (Fsp3) is 0.348. The van der Waals surface area contributed by atoms with Crippen molar-refractivity contribution in [2.24, 2.45) is 0 Å². The molecule has 1 saturated heterocycles. The van der Waals surface area contributed by atoms with Crippen LogP contribution >= 0.6 is 0 Å². The van der Waals surface area contributed by atoms with Crippen molar-refractivity contribution in [3.8, 4) is 11.6 Å². The largest absolute Gasteiger partial charge is 0.481 e. The molecule has 0 radical (unpaired) electrons. The molecule has 1 fully saturated rings. The molecule has 3 aromatic rings. The molecule has 8 nitrogen and oxygen atoms in total. The van der Waals surface area contributed by atoms with Gasteiger partial charge < -0.3 is 19.9 Å². The quantitative estimate of drug-likeness (QED) is 0.631. The number of ether oxygens (including phenoxy) is 2. The van der Waals surface area contributed by atoms with E-state index in [2.05, 4.69) is 15.4 Å². The average Bonchev–Trinajstić information content (AvgIpc) is 3.32. The second-order valence-electron chi connectivity index (χ2n) is 7.61. The van der Waals surface area contributed by atoms with Crippen LogP contribution in [0.2, 0.25) is 0 Å². The Morgan fingerprint density at radius 3 is 2.84 bits per heavy atom. The Bertz CT molecular complexity index is 1030. The molecule has 0 aliphatic carbocycles. The molecule has 1 aromatic carbocycles. The number of carbonyl (C=O) groups is 1. The van der Waals surface area contributed by atoms with Gasteiger partial charge in [0.15, 0.2) is 0 Å². The molecule has 0 bridgehead atoms. The fourth-order valence-corrected chi connectivity index (χ4v) is 3.65. The van der Waals surface area contributed by atoms with Crippen LogP contribution in [0.5, 0.6) is 5.88 Å². The standard InChI is InChI=1S/C23H26N4O4/c1-15-17(12-16-4-6-18(7-5-16)27-10-3-9-24-27)13-19(26-23(15)30-2)22(29)25-20-14-31-11-8-21(20)28/h3-7,9-10,13,20-21,28H,8,11-12,14H2,1-2H3,(H,25,29)/t20?,21-/m0/s1. The number of rotatable bonds is 6. The number of benzene rings is 1. The number of hydrogen-bond acceptors (Lipinski definition) is 6. The summed E-state index contributed by atoms with van der Waals surface area (Å²) in [6.45, 7) is 2.71. The lowest BCUT2D eigenvalue weighted by Gasteiger charge is -2.28. The number of nitrogens with one attached hydrogen (secondary N) is 1. The van der Waals surface area contributed by atoms with Gasteiger partial charge in [0.1, 0.15) is 5.69 Å². The molecular weight excluding hydrogens is 396 g/mol. The number of methoxy groups -OCH3 is 1. The van der Waals surface area contributed by atoms with Crippen LogP contribution in [0.15, 0.2) is 48.8 Å². The van der Waals surface area contributed by atoms with Crippen molar-refractivity contribution in [3.63, 3.8) is 0 Å². The van der Waals surface area contributed by atoms with Gasteiger partial charge in [0.05, 0.1) is 31.5 Å². The van der Waals surface area contributed by atoms with Crippen molar-refractivity contribution in [3.05, 3.63) is 71.2 Å². The third-order valence-electron chi connectivity index (χ3n) is 5.50. The maximum absolute atomic E-state index is 12.8. The number of aliphatic hydroxyl groups is 1.